The number of H-pyrrole nitrogens is 1. The Labute approximate surface area is 122 Å². The summed E-state index contributed by atoms with van der Waals surface area (Å²) in [5.41, 5.74) is 3.46. The molecule has 0 spiro atoms. The SMILES string of the molecule is CSc1ccc(NC(=O)[C@@H](C)c2c(C)n[nH]c2C)cn1. The van der Waals surface area contributed by atoms with Gasteiger partial charge in [0.2, 0.25) is 5.91 Å². The fourth-order valence-electron chi connectivity index (χ4n) is 2.15. The number of aromatic amines is 1. The third-order valence-electron chi connectivity index (χ3n) is 3.22. The second-order valence-corrected chi connectivity index (χ2v) is 5.47. The number of aryl methyl sites for hydroxylation is 2. The zero-order chi connectivity index (χ0) is 14.7. The van der Waals surface area contributed by atoms with Crippen LogP contribution in [0.25, 0.3) is 0 Å². The predicted molar refractivity (Wildman–Crippen MR) is 81.1 cm³/mol. The molecule has 0 fully saturated rings. The molecule has 6 heteroatoms. The Balaban J connectivity index is 2.11. The summed E-state index contributed by atoms with van der Waals surface area (Å²) in [6, 6.07) is 3.75. The maximum absolute atomic E-state index is 12.3. The Morgan fingerprint density at radius 1 is 1.40 bits per heavy atom. The smallest absolute Gasteiger partial charge is 0.231 e. The summed E-state index contributed by atoms with van der Waals surface area (Å²) in [6.07, 6.45) is 3.64. The first-order valence-electron chi connectivity index (χ1n) is 6.35. The minimum Gasteiger partial charge on any atom is -0.324 e. The van der Waals surface area contributed by atoms with Gasteiger partial charge in [-0.25, -0.2) is 4.98 Å². The minimum absolute atomic E-state index is 0.0590. The van der Waals surface area contributed by atoms with E-state index in [2.05, 4.69) is 20.5 Å². The van der Waals surface area contributed by atoms with Gasteiger partial charge < -0.3 is 5.32 Å². The first kappa shape index (κ1) is 14.6. The Morgan fingerprint density at radius 3 is 2.65 bits per heavy atom. The van der Waals surface area contributed by atoms with Crippen LogP contribution in [0.15, 0.2) is 23.4 Å². The molecule has 0 aliphatic heterocycles. The number of hydrogen-bond acceptors (Lipinski definition) is 4. The summed E-state index contributed by atoms with van der Waals surface area (Å²) in [6.45, 7) is 5.70. The van der Waals surface area contributed by atoms with Gasteiger partial charge in [-0.15, -0.1) is 11.8 Å². The first-order valence-corrected chi connectivity index (χ1v) is 7.57. The van der Waals surface area contributed by atoms with Gasteiger partial charge in [-0.1, -0.05) is 0 Å². The number of aromatic nitrogens is 3. The molecule has 0 unspecified atom stereocenters. The molecule has 20 heavy (non-hydrogen) atoms. The van der Waals surface area contributed by atoms with Gasteiger partial charge in [0.15, 0.2) is 0 Å². The normalized spacial score (nSPS) is 12.2. The van der Waals surface area contributed by atoms with Crippen LogP contribution < -0.4 is 5.32 Å². The molecular weight excluding hydrogens is 272 g/mol. The highest BCUT2D eigenvalue weighted by molar-refractivity contribution is 7.98. The highest BCUT2D eigenvalue weighted by Crippen LogP contribution is 2.23. The van der Waals surface area contributed by atoms with Crippen LogP contribution in [0.5, 0.6) is 0 Å². The molecule has 1 atom stereocenters. The molecular formula is C14H18N4OS. The molecule has 2 rings (SSSR count). The summed E-state index contributed by atoms with van der Waals surface area (Å²) in [7, 11) is 0. The molecule has 0 saturated carbocycles. The fourth-order valence-corrected chi connectivity index (χ4v) is 2.52. The topological polar surface area (TPSA) is 70.7 Å². The van der Waals surface area contributed by atoms with Crippen molar-refractivity contribution >= 4 is 23.4 Å². The molecule has 0 aliphatic carbocycles. The number of nitrogens with zero attached hydrogens (tertiary/aromatic N) is 2. The quantitative estimate of drug-likeness (QED) is 0.849. The lowest BCUT2D eigenvalue weighted by atomic mass is 9.98. The number of carbonyl (C=O) groups excluding carboxylic acids is 1. The molecule has 0 aliphatic rings. The molecule has 2 aromatic heterocycles. The summed E-state index contributed by atoms with van der Waals surface area (Å²) in [4.78, 5) is 16.5. The number of hydrogen-bond donors (Lipinski definition) is 2. The molecule has 5 nitrogen and oxygen atoms in total. The second kappa shape index (κ2) is 6.09. The van der Waals surface area contributed by atoms with E-state index in [0.717, 1.165) is 22.0 Å². The Bertz CT molecular complexity index is 587. The number of carbonyl (C=O) groups is 1. The van der Waals surface area contributed by atoms with Gasteiger partial charge >= 0.3 is 0 Å². The van der Waals surface area contributed by atoms with E-state index in [-0.39, 0.29) is 11.8 Å². The molecule has 1 amide bonds. The van der Waals surface area contributed by atoms with Gasteiger partial charge in [-0.2, -0.15) is 5.10 Å². The zero-order valence-electron chi connectivity index (χ0n) is 12.0. The summed E-state index contributed by atoms with van der Waals surface area (Å²) >= 11 is 1.57. The molecule has 0 bridgehead atoms. The number of amides is 1. The van der Waals surface area contributed by atoms with E-state index in [1.54, 1.807) is 18.0 Å². The lowest BCUT2D eigenvalue weighted by molar-refractivity contribution is -0.117. The van der Waals surface area contributed by atoms with Gasteiger partial charge in [0.25, 0.3) is 0 Å². The van der Waals surface area contributed by atoms with Crippen molar-refractivity contribution in [2.24, 2.45) is 0 Å². The van der Waals surface area contributed by atoms with Crippen LogP contribution >= 0.6 is 11.8 Å². The lowest BCUT2D eigenvalue weighted by Gasteiger charge is -2.12. The number of thioether (sulfide) groups is 1. The van der Waals surface area contributed by atoms with E-state index in [0.29, 0.717) is 5.69 Å². The summed E-state index contributed by atoms with van der Waals surface area (Å²) < 4.78 is 0. The second-order valence-electron chi connectivity index (χ2n) is 4.65. The lowest BCUT2D eigenvalue weighted by Crippen LogP contribution is -2.19. The van der Waals surface area contributed by atoms with E-state index in [1.165, 1.54) is 0 Å². The van der Waals surface area contributed by atoms with Gasteiger partial charge in [-0.3, -0.25) is 9.89 Å². The maximum Gasteiger partial charge on any atom is 0.231 e. The van der Waals surface area contributed by atoms with Crippen LogP contribution in [0.4, 0.5) is 5.69 Å². The predicted octanol–water partition coefficient (Wildman–Crippen LogP) is 2.89. The van der Waals surface area contributed by atoms with Crippen molar-refractivity contribution < 1.29 is 4.79 Å². The van der Waals surface area contributed by atoms with Gasteiger partial charge in [0.05, 0.1) is 28.5 Å². The third kappa shape index (κ3) is 3.01. The molecule has 0 radical (unpaired) electrons. The van der Waals surface area contributed by atoms with E-state index in [1.807, 2.05) is 39.2 Å². The van der Waals surface area contributed by atoms with E-state index >= 15 is 0 Å². The van der Waals surface area contributed by atoms with Crippen molar-refractivity contribution in [2.45, 2.75) is 31.7 Å². The number of rotatable bonds is 4. The molecule has 106 valence electrons. The Kier molecular flexibility index (Phi) is 4.44. The largest absolute Gasteiger partial charge is 0.324 e. The van der Waals surface area contributed by atoms with Crippen LogP contribution in [0.3, 0.4) is 0 Å². The standard InChI is InChI=1S/C14H18N4OS/c1-8(13-9(2)17-18-10(13)3)14(19)16-11-5-6-12(20-4)15-7-11/h5-8H,1-4H3,(H,16,19)(H,17,18)/t8-/m0/s1. The van der Waals surface area contributed by atoms with Crippen LogP contribution in [0.2, 0.25) is 0 Å². The third-order valence-corrected chi connectivity index (χ3v) is 3.88. The van der Waals surface area contributed by atoms with Crippen molar-refractivity contribution in [1.82, 2.24) is 15.2 Å². The molecule has 0 aromatic carbocycles. The summed E-state index contributed by atoms with van der Waals surface area (Å²) in [5, 5.41) is 10.8. The molecule has 0 saturated heterocycles. The highest BCUT2D eigenvalue weighted by Gasteiger charge is 2.21. The number of anilines is 1. The van der Waals surface area contributed by atoms with Gasteiger partial charge in [0.1, 0.15) is 0 Å². The fraction of sp³-hybridized carbons (Fsp3) is 0.357. The van der Waals surface area contributed by atoms with Crippen LogP contribution in [0.1, 0.15) is 29.8 Å². The van der Waals surface area contributed by atoms with E-state index in [9.17, 15) is 4.79 Å². The molecule has 2 N–H and O–H groups in total. The van der Waals surface area contributed by atoms with Crippen molar-refractivity contribution in [2.75, 3.05) is 11.6 Å². The highest BCUT2D eigenvalue weighted by atomic mass is 32.2. The van der Waals surface area contributed by atoms with Crippen LogP contribution in [0, 0.1) is 13.8 Å². The van der Waals surface area contributed by atoms with E-state index < -0.39 is 0 Å². The van der Waals surface area contributed by atoms with Gasteiger partial charge in [0, 0.05) is 11.3 Å². The average molecular weight is 290 g/mol. The zero-order valence-corrected chi connectivity index (χ0v) is 12.8. The van der Waals surface area contributed by atoms with Crippen LogP contribution in [-0.4, -0.2) is 27.3 Å². The first-order chi connectivity index (χ1) is 9.52. The van der Waals surface area contributed by atoms with Crippen molar-refractivity contribution in [3.05, 3.63) is 35.3 Å². The number of nitrogens with one attached hydrogen (secondary N) is 2. The molecule has 2 aromatic rings. The maximum atomic E-state index is 12.3. The van der Waals surface area contributed by atoms with Crippen molar-refractivity contribution in [3.8, 4) is 0 Å². The molecule has 2 heterocycles. The summed E-state index contributed by atoms with van der Waals surface area (Å²) in [5.74, 6) is -0.315. The average Bonchev–Trinajstić information content (AvgIpc) is 2.78. The van der Waals surface area contributed by atoms with E-state index in [4.69, 9.17) is 0 Å². The van der Waals surface area contributed by atoms with Crippen molar-refractivity contribution in [3.63, 3.8) is 0 Å². The minimum atomic E-state index is -0.256. The van der Waals surface area contributed by atoms with Gasteiger partial charge in [-0.05, 0) is 39.2 Å². The Morgan fingerprint density at radius 2 is 2.15 bits per heavy atom. The van der Waals surface area contributed by atoms with Crippen LogP contribution in [-0.2, 0) is 4.79 Å². The Hall–Kier alpha value is -1.82. The number of pyridine rings is 1. The monoisotopic (exact) mass is 290 g/mol. The van der Waals surface area contributed by atoms with Crippen molar-refractivity contribution in [1.29, 1.82) is 0 Å².